The number of nitriles is 2. The summed E-state index contributed by atoms with van der Waals surface area (Å²) in [6.45, 7) is 40.1. The van der Waals surface area contributed by atoms with E-state index >= 15 is 0 Å². The number of hydrogen-bond acceptors (Lipinski definition) is 22. The fraction of sp³-hybridized carbons (Fsp3) is 0.368. The number of rotatable bonds is 1. The van der Waals surface area contributed by atoms with E-state index in [1.165, 1.54) is 34.3 Å². The first-order chi connectivity index (χ1) is 47.2. The van der Waals surface area contributed by atoms with Gasteiger partial charge in [0, 0.05) is 34.6 Å². The lowest BCUT2D eigenvalue weighted by Gasteiger charge is -2.04. The molecule has 46 heteroatoms. The van der Waals surface area contributed by atoms with Crippen molar-refractivity contribution < 1.29 is 23.5 Å². The van der Waals surface area contributed by atoms with E-state index in [0.717, 1.165) is 21.5 Å². The van der Waals surface area contributed by atoms with Crippen molar-refractivity contribution in [2.45, 2.75) is 138 Å². The van der Waals surface area contributed by atoms with Gasteiger partial charge in [0.05, 0.1) is 45.5 Å². The molecule has 0 amide bonds. The Hall–Kier alpha value is -9.06. The minimum Gasteiger partial charge on any atom is -0.384 e. The van der Waals surface area contributed by atoms with E-state index in [9.17, 15) is 57.1 Å². The zero-order chi connectivity index (χ0) is 81.8. The van der Waals surface area contributed by atoms with Crippen LogP contribution in [0.5, 0.6) is 0 Å². The standard InChI is InChI=1S/C9H10ClN3O.C9H11N3O2.C7H7ClN4O.C7H8N4O2.C5H7NO.2C4H7N3O.C3H7N.C3H5N.C3H6O.C2H4.CH2O.2Cl3OP/c1-4-6(3)11-8-5(2)9(14)12-13(8)7(4)10;1-4-6(3)10-7-5(2)8(13)11-12(7)9(4)14;1-3-5-9-4(2)10-7(8)12(5)11-6(3)13;1-3-5-8-4(2)9-7(13)11(5)10-6(3)12;1-4(3-6)5(2)7;2*1-2-3(5)6-7-4(2)8;1-3(2)4;1-2-3-4;1-3(2)4;2*1-2;2*1-5(2,3)4/h1-3H3,(H,12,14);10H,1-3H3,(H,11,13);1-2H3,(H,11,13);1-2H3,(H,10,12)(H,8,9,13);4H,1-2H3;2*1H3,(H4,5,6,7,8);4H,1-2H3;2H2,1H3;1-2H3;1-2H2;1H2;;. The summed E-state index contributed by atoms with van der Waals surface area (Å²) in [7, 11) is 0. The van der Waals surface area contributed by atoms with Crippen LogP contribution in [-0.2, 0) is 23.5 Å². The second kappa shape index (κ2) is 48.0. The van der Waals surface area contributed by atoms with Crippen LogP contribution in [0.2, 0.25) is 10.4 Å². The van der Waals surface area contributed by atoms with Crippen LogP contribution in [0.4, 0.5) is 11.6 Å². The normalized spacial score (nSPS) is 10.0. The highest BCUT2D eigenvalue weighted by Gasteiger charge is 2.14. The number of carbonyl (C=O) groups excluding carboxylic acids is 3. The van der Waals surface area contributed by atoms with E-state index in [4.69, 9.17) is 55.4 Å². The number of carbonyl (C=O) groups is 3. The number of aromatic amines is 10. The first-order valence-electron chi connectivity index (χ1n) is 28.5. The molecule has 1 unspecified atom stereocenters. The van der Waals surface area contributed by atoms with Crippen LogP contribution in [0.15, 0.2) is 51.5 Å². The third-order valence-corrected chi connectivity index (χ3v) is 12.4. The fourth-order valence-corrected chi connectivity index (χ4v) is 6.55. The Morgan fingerprint density at radius 1 is 0.544 bits per heavy atom. The smallest absolute Gasteiger partial charge is 0.347 e. The van der Waals surface area contributed by atoms with Crippen LogP contribution in [-0.4, -0.2) is 113 Å². The molecule has 568 valence electrons. The fourth-order valence-electron chi connectivity index (χ4n) is 6.04. The average Bonchev–Trinajstić information content (AvgIpc) is 1.68. The minimum atomic E-state index is -3.22. The van der Waals surface area contributed by atoms with Gasteiger partial charge in [0.25, 0.3) is 38.9 Å². The molecular weight excluding hydrogens is 1560 g/mol. The van der Waals surface area contributed by atoms with Gasteiger partial charge in [-0.15, -0.1) is 13.2 Å². The lowest BCUT2D eigenvalue weighted by atomic mass is 10.1. The van der Waals surface area contributed by atoms with Crippen LogP contribution in [0, 0.1) is 117 Å². The van der Waals surface area contributed by atoms with Crippen LogP contribution >= 0.6 is 101 Å². The van der Waals surface area contributed by atoms with E-state index in [0.29, 0.717) is 102 Å². The van der Waals surface area contributed by atoms with E-state index in [1.807, 2.05) is 46.6 Å². The highest BCUT2D eigenvalue weighted by Crippen LogP contribution is 2.61. The molecule has 0 bridgehead atoms. The molecule has 10 aromatic rings. The van der Waals surface area contributed by atoms with E-state index in [2.05, 4.69) is 151 Å². The lowest BCUT2D eigenvalue weighted by molar-refractivity contribution is -0.118. The van der Waals surface area contributed by atoms with Gasteiger partial charge in [-0.3, -0.25) is 93.3 Å². The van der Waals surface area contributed by atoms with Crippen molar-refractivity contribution in [3.05, 3.63) is 174 Å². The van der Waals surface area contributed by atoms with Gasteiger partial charge >= 0.3 is 16.1 Å². The Morgan fingerprint density at radius 3 is 1.20 bits per heavy atom. The summed E-state index contributed by atoms with van der Waals surface area (Å²) in [6.07, 6.45) is 0.625. The van der Waals surface area contributed by atoms with Crippen LogP contribution in [0.25, 0.3) is 22.6 Å². The number of hydrogen-bond donors (Lipinski definition) is 13. The summed E-state index contributed by atoms with van der Waals surface area (Å²) in [5, 5.41) is 36.1. The molecule has 1 atom stereocenters. The number of aromatic nitrogens is 18. The van der Waals surface area contributed by atoms with Crippen molar-refractivity contribution in [3.63, 3.8) is 0 Å². The van der Waals surface area contributed by atoms with Crippen molar-refractivity contribution in [3.8, 4) is 12.1 Å². The molecule has 0 fully saturated rings. The summed E-state index contributed by atoms with van der Waals surface area (Å²) < 4.78 is 24.3. The molecular formula is C57H81Cl8N23O13P2. The minimum absolute atomic E-state index is 0.0671. The van der Waals surface area contributed by atoms with Crippen LogP contribution < -0.4 is 56.1 Å². The SMILES string of the molecule is C=C.C=O.CC(=O)C(C)C#N.CC(C)=N.CC(C)=O.CCC#N.Cc1[nH]c2c(C)c(=O)[nH]n2c(=O)c1C.Cc1c(N)[nH][nH]c1=O.Cc1c(N)[nH][nH]c1=O.Cc1nc(Cl)n2[nH]c(=O)c(C)c2n1.Cc1nc2c(C)c(=O)[nH]n2c(=O)[nH]1.Cc1nc2c(C)c(=O)[nH]n2c(Cl)c1C.O=P(Cl)(Cl)Cl.O=P(Cl)(Cl)Cl. The van der Waals surface area contributed by atoms with Crippen molar-refractivity contribution >= 4 is 159 Å². The van der Waals surface area contributed by atoms with Crippen LogP contribution in [0.3, 0.4) is 0 Å². The number of ketones is 2. The number of nitrogens with two attached hydrogens (primary N) is 2. The maximum Gasteiger partial charge on any atom is 0.347 e. The quantitative estimate of drug-likeness (QED) is 0.0314. The molecule has 0 aliphatic carbocycles. The Bertz CT molecular complexity index is 5060. The van der Waals surface area contributed by atoms with Crippen molar-refractivity contribution in [1.29, 1.82) is 15.9 Å². The molecule has 0 aliphatic rings. The number of H-pyrrole nitrogens is 10. The number of aryl methyl sites for hydroxylation is 8. The van der Waals surface area contributed by atoms with Gasteiger partial charge in [-0.25, -0.2) is 33.8 Å². The van der Waals surface area contributed by atoms with E-state index < -0.39 is 16.3 Å². The van der Waals surface area contributed by atoms with Crippen molar-refractivity contribution in [1.82, 2.24) is 88.8 Å². The summed E-state index contributed by atoms with van der Waals surface area (Å²) in [4.78, 5) is 138. The number of nitrogens with zero attached hydrogens (tertiary/aromatic N) is 10. The zero-order valence-electron chi connectivity index (χ0n) is 59.3. The largest absolute Gasteiger partial charge is 0.384 e. The van der Waals surface area contributed by atoms with Crippen molar-refractivity contribution in [2.75, 3.05) is 11.5 Å². The van der Waals surface area contributed by atoms with Gasteiger partial charge in [-0.2, -0.15) is 19.6 Å². The lowest BCUT2D eigenvalue weighted by Crippen LogP contribution is -2.20. The molecule has 10 heterocycles. The highest BCUT2D eigenvalue weighted by atomic mass is 36.1. The molecule has 15 N–H and O–H groups in total. The van der Waals surface area contributed by atoms with E-state index in [-0.39, 0.29) is 61.5 Å². The van der Waals surface area contributed by atoms with Crippen molar-refractivity contribution in [2.24, 2.45) is 5.92 Å². The summed E-state index contributed by atoms with van der Waals surface area (Å²) in [6, 6.07) is 3.75. The van der Waals surface area contributed by atoms with E-state index in [1.54, 1.807) is 83.1 Å². The molecule has 36 nitrogen and oxygen atoms in total. The van der Waals surface area contributed by atoms with Gasteiger partial charge in [0.15, 0.2) is 16.9 Å². The third kappa shape index (κ3) is 37.1. The van der Waals surface area contributed by atoms with Gasteiger partial charge in [0.2, 0.25) is 5.28 Å². The average molecular weight is 1640 g/mol. The molecule has 103 heavy (non-hydrogen) atoms. The molecule has 0 spiro atoms. The Labute approximate surface area is 625 Å². The van der Waals surface area contributed by atoms with Gasteiger partial charge in [0.1, 0.15) is 58.4 Å². The topological polar surface area (TPSA) is 572 Å². The molecule has 0 radical (unpaired) electrons. The summed E-state index contributed by atoms with van der Waals surface area (Å²) in [5.41, 5.74) is 17.9. The first kappa shape index (κ1) is 100. The number of anilines is 2. The Kier molecular flexibility index (Phi) is 46.7. The number of nitrogen functional groups attached to an aromatic ring is 2. The maximum absolute atomic E-state index is 11.7. The number of halogens is 8. The highest BCUT2D eigenvalue weighted by molar-refractivity contribution is 8.25. The maximum atomic E-state index is 11.7. The van der Waals surface area contributed by atoms with Crippen LogP contribution in [0.1, 0.15) is 122 Å². The summed E-state index contributed by atoms with van der Waals surface area (Å²) >= 11 is 39.6. The molecule has 0 aromatic carbocycles. The second-order valence-corrected chi connectivity index (χ2v) is 34.3. The van der Waals surface area contributed by atoms with Gasteiger partial charge in [-0.1, -0.05) is 18.5 Å². The third-order valence-electron chi connectivity index (χ3n) is 11.7. The number of fused-ring (bicyclic) bond motifs is 4. The Balaban J connectivity index is -0.000000530. The zero-order valence-corrected chi connectivity index (χ0v) is 67.1. The predicted molar refractivity (Wildman–Crippen MR) is 409 cm³/mol. The van der Waals surface area contributed by atoms with Gasteiger partial charge < -0.3 is 31.4 Å². The Morgan fingerprint density at radius 2 is 0.883 bits per heavy atom. The predicted octanol–water partition coefficient (Wildman–Crippen LogP) is 10.6. The monoisotopic (exact) mass is 1640 g/mol. The molecule has 0 aliphatic heterocycles. The molecule has 10 rings (SSSR count). The first-order valence-corrected chi connectivity index (χ1v) is 38.1. The second-order valence-electron chi connectivity index (χ2n) is 20.3. The van der Waals surface area contributed by atoms with Gasteiger partial charge in [-0.05, 0) is 204 Å². The molecule has 10 aromatic heterocycles. The molecule has 0 saturated heterocycles. The number of Topliss-reactive ketones (excluding diaryl/α,β-unsaturated/α-hetero) is 2. The summed E-state index contributed by atoms with van der Waals surface area (Å²) in [5.74, 6) is 1.53. The molecule has 0 saturated carbocycles. The number of nitrogens with one attached hydrogen (secondary N) is 11.